The van der Waals surface area contributed by atoms with Gasteiger partial charge in [-0.15, -0.1) is 0 Å². The fraction of sp³-hybridized carbons (Fsp3) is 0.923. The number of piperidine rings is 1. The molecule has 0 aromatic heterocycles. The van der Waals surface area contributed by atoms with E-state index < -0.39 is 0 Å². The van der Waals surface area contributed by atoms with Crippen molar-refractivity contribution < 1.29 is 4.79 Å². The molecule has 2 atom stereocenters. The first-order valence-corrected chi connectivity index (χ1v) is 6.34. The van der Waals surface area contributed by atoms with Gasteiger partial charge in [0.2, 0.25) is 0 Å². The highest BCUT2D eigenvalue weighted by Gasteiger charge is 2.45. The molecule has 2 aliphatic rings. The Morgan fingerprint density at radius 1 is 1.27 bits per heavy atom. The van der Waals surface area contributed by atoms with E-state index in [2.05, 4.69) is 25.7 Å². The van der Waals surface area contributed by atoms with E-state index in [9.17, 15) is 4.79 Å². The number of fused-ring (bicyclic) bond motifs is 2. The molecule has 2 fully saturated rings. The highest BCUT2D eigenvalue weighted by atomic mass is 16.1. The summed E-state index contributed by atoms with van der Waals surface area (Å²) in [6.45, 7) is 6.94. The molecule has 2 nitrogen and oxygen atoms in total. The first kappa shape index (κ1) is 11.1. The van der Waals surface area contributed by atoms with Crippen LogP contribution >= 0.6 is 0 Å². The monoisotopic (exact) mass is 209 g/mol. The molecule has 0 N–H and O–H groups in total. The Kier molecular flexibility index (Phi) is 2.89. The second-order valence-corrected chi connectivity index (χ2v) is 5.80. The molecule has 0 aliphatic carbocycles. The maximum atomic E-state index is 11.5. The van der Waals surface area contributed by atoms with Gasteiger partial charge in [0.25, 0.3) is 0 Å². The van der Waals surface area contributed by atoms with Crippen molar-refractivity contribution in [2.45, 2.75) is 76.9 Å². The number of ketones is 1. The maximum Gasteiger partial charge on any atom is 0.136 e. The second kappa shape index (κ2) is 3.89. The normalized spacial score (nSPS) is 32.3. The quantitative estimate of drug-likeness (QED) is 0.712. The van der Waals surface area contributed by atoms with Crippen molar-refractivity contribution in [2.75, 3.05) is 0 Å². The lowest BCUT2D eigenvalue weighted by molar-refractivity contribution is -0.125. The van der Waals surface area contributed by atoms with Crippen molar-refractivity contribution in [3.8, 4) is 0 Å². The highest BCUT2D eigenvalue weighted by Crippen LogP contribution is 2.40. The summed E-state index contributed by atoms with van der Waals surface area (Å²) < 4.78 is 0. The first-order valence-electron chi connectivity index (χ1n) is 6.34. The Bertz CT molecular complexity index is 243. The zero-order valence-corrected chi connectivity index (χ0v) is 10.3. The number of hydrogen-bond donors (Lipinski definition) is 0. The summed E-state index contributed by atoms with van der Waals surface area (Å²) in [6, 6.07) is 1.11. The molecule has 2 unspecified atom stereocenters. The van der Waals surface area contributed by atoms with Gasteiger partial charge < -0.3 is 0 Å². The third-order valence-corrected chi connectivity index (χ3v) is 4.11. The van der Waals surface area contributed by atoms with Crippen molar-refractivity contribution >= 4 is 5.78 Å². The van der Waals surface area contributed by atoms with Crippen molar-refractivity contribution in [3.05, 3.63) is 0 Å². The first-order chi connectivity index (χ1) is 7.04. The van der Waals surface area contributed by atoms with Crippen LogP contribution in [0.4, 0.5) is 0 Å². The minimum Gasteiger partial charge on any atom is -0.300 e. The van der Waals surface area contributed by atoms with Crippen LogP contribution in [-0.2, 0) is 4.79 Å². The minimum absolute atomic E-state index is 0.293. The third-order valence-electron chi connectivity index (χ3n) is 4.11. The van der Waals surface area contributed by atoms with E-state index in [1.54, 1.807) is 0 Å². The number of carbonyl (C=O) groups excluding carboxylic acids is 1. The Hall–Kier alpha value is -0.370. The number of nitrogens with zero attached hydrogens (tertiary/aromatic N) is 1. The van der Waals surface area contributed by atoms with Gasteiger partial charge in [0.05, 0.1) is 0 Å². The highest BCUT2D eigenvalue weighted by molar-refractivity contribution is 5.81. The zero-order valence-electron chi connectivity index (χ0n) is 10.3. The number of rotatable bonds is 3. The summed E-state index contributed by atoms with van der Waals surface area (Å²) in [6.07, 6.45) is 6.57. The minimum atomic E-state index is 0.293. The van der Waals surface area contributed by atoms with E-state index >= 15 is 0 Å². The van der Waals surface area contributed by atoms with Crippen LogP contribution in [0.3, 0.4) is 0 Å². The number of hydrogen-bond acceptors (Lipinski definition) is 2. The Morgan fingerprint density at radius 2 is 1.80 bits per heavy atom. The molecule has 2 heteroatoms. The summed E-state index contributed by atoms with van der Waals surface area (Å²) in [5.41, 5.74) is 0.293. The van der Waals surface area contributed by atoms with Gasteiger partial charge in [0, 0.05) is 30.5 Å². The molecule has 0 spiro atoms. The lowest BCUT2D eigenvalue weighted by atomic mass is 9.89. The van der Waals surface area contributed by atoms with Gasteiger partial charge in [0.1, 0.15) is 5.78 Å². The maximum absolute atomic E-state index is 11.5. The van der Waals surface area contributed by atoms with E-state index in [0.29, 0.717) is 23.4 Å². The van der Waals surface area contributed by atoms with Gasteiger partial charge in [-0.3, -0.25) is 9.69 Å². The van der Waals surface area contributed by atoms with Crippen LogP contribution in [0.5, 0.6) is 0 Å². The fourth-order valence-corrected chi connectivity index (χ4v) is 3.70. The van der Waals surface area contributed by atoms with E-state index in [4.69, 9.17) is 0 Å². The topological polar surface area (TPSA) is 20.3 Å². The smallest absolute Gasteiger partial charge is 0.136 e. The predicted molar refractivity (Wildman–Crippen MR) is 61.9 cm³/mol. The lowest BCUT2D eigenvalue weighted by Crippen LogP contribution is -2.54. The molecule has 0 aromatic rings. The molecule has 2 aliphatic heterocycles. The van der Waals surface area contributed by atoms with Crippen LogP contribution in [0.25, 0.3) is 0 Å². The van der Waals surface area contributed by atoms with Crippen molar-refractivity contribution in [3.63, 3.8) is 0 Å². The molecular formula is C13H23NO. The van der Waals surface area contributed by atoms with Crippen LogP contribution in [0, 0.1) is 0 Å². The van der Waals surface area contributed by atoms with Gasteiger partial charge in [-0.25, -0.2) is 0 Å². The Balaban J connectivity index is 2.13. The Labute approximate surface area is 93.0 Å². The molecule has 0 aromatic carbocycles. The Morgan fingerprint density at radius 3 is 2.27 bits per heavy atom. The van der Waals surface area contributed by atoms with Crippen molar-refractivity contribution in [2.24, 2.45) is 0 Å². The molecule has 2 saturated heterocycles. The summed E-state index contributed by atoms with van der Waals surface area (Å²) in [4.78, 5) is 14.2. The standard InChI is InChI=1S/C13H23NO/c1-4-7-13(2,3)14-10-5-6-11(14)9-12(15)8-10/h10-11H,4-9H2,1-3H3. The van der Waals surface area contributed by atoms with Gasteiger partial charge in [-0.2, -0.15) is 0 Å². The van der Waals surface area contributed by atoms with Crippen LogP contribution in [0.2, 0.25) is 0 Å². The SMILES string of the molecule is CCCC(C)(C)N1C2CCC1CC(=O)C2. The summed E-state index contributed by atoms with van der Waals surface area (Å²) in [5.74, 6) is 0.492. The molecule has 0 amide bonds. The third kappa shape index (κ3) is 1.96. The van der Waals surface area contributed by atoms with Crippen molar-refractivity contribution in [1.29, 1.82) is 0 Å². The van der Waals surface area contributed by atoms with Gasteiger partial charge in [-0.05, 0) is 33.1 Å². The average molecular weight is 209 g/mol. The molecule has 2 heterocycles. The predicted octanol–water partition coefficient (Wildman–Crippen LogP) is 2.76. The molecule has 0 radical (unpaired) electrons. The summed E-state index contributed by atoms with van der Waals surface area (Å²) >= 11 is 0. The molecule has 15 heavy (non-hydrogen) atoms. The molecule has 2 rings (SSSR count). The molecular weight excluding hydrogens is 186 g/mol. The average Bonchev–Trinajstić information content (AvgIpc) is 2.40. The molecule has 0 saturated carbocycles. The molecule has 2 bridgehead atoms. The van der Waals surface area contributed by atoms with Gasteiger partial charge in [0.15, 0.2) is 0 Å². The van der Waals surface area contributed by atoms with E-state index in [0.717, 1.165) is 12.8 Å². The van der Waals surface area contributed by atoms with E-state index in [-0.39, 0.29) is 0 Å². The summed E-state index contributed by atoms with van der Waals surface area (Å²) in [7, 11) is 0. The van der Waals surface area contributed by atoms with Crippen LogP contribution in [-0.4, -0.2) is 28.3 Å². The van der Waals surface area contributed by atoms with Crippen LogP contribution in [0.15, 0.2) is 0 Å². The second-order valence-electron chi connectivity index (χ2n) is 5.80. The lowest BCUT2D eigenvalue weighted by Gasteiger charge is -2.46. The molecule has 86 valence electrons. The van der Waals surface area contributed by atoms with Crippen LogP contribution in [0.1, 0.15) is 59.3 Å². The number of Topliss-reactive ketones (excluding diaryl/α,β-unsaturated/α-hetero) is 1. The fourth-order valence-electron chi connectivity index (χ4n) is 3.70. The van der Waals surface area contributed by atoms with Crippen molar-refractivity contribution in [1.82, 2.24) is 4.90 Å². The van der Waals surface area contributed by atoms with Gasteiger partial charge >= 0.3 is 0 Å². The summed E-state index contributed by atoms with van der Waals surface area (Å²) in [5, 5.41) is 0. The largest absolute Gasteiger partial charge is 0.300 e. The van der Waals surface area contributed by atoms with Gasteiger partial charge in [-0.1, -0.05) is 13.3 Å². The van der Waals surface area contributed by atoms with E-state index in [1.807, 2.05) is 0 Å². The van der Waals surface area contributed by atoms with Crippen LogP contribution < -0.4 is 0 Å². The van der Waals surface area contributed by atoms with E-state index in [1.165, 1.54) is 25.7 Å². The zero-order chi connectivity index (χ0) is 11.1. The number of carbonyl (C=O) groups is 1.